The van der Waals surface area contributed by atoms with Crippen LogP contribution in [0.1, 0.15) is 22.3 Å². The number of ether oxygens (including phenoxy) is 1. The van der Waals surface area contributed by atoms with Gasteiger partial charge in [0, 0.05) is 16.3 Å². The Balaban J connectivity index is 1.98. The summed E-state index contributed by atoms with van der Waals surface area (Å²) in [6.45, 7) is 4.18. The molecule has 130 valence electrons. The number of benzene rings is 2. The van der Waals surface area contributed by atoms with Crippen molar-refractivity contribution in [1.82, 2.24) is 4.57 Å². The molecule has 0 saturated heterocycles. The van der Waals surface area contributed by atoms with E-state index in [1.54, 1.807) is 0 Å². The van der Waals surface area contributed by atoms with E-state index in [-0.39, 0.29) is 12.1 Å². The summed E-state index contributed by atoms with van der Waals surface area (Å²) in [5.74, 6) is 0.0672. The first kappa shape index (κ1) is 14.7. The van der Waals surface area contributed by atoms with E-state index in [1.165, 1.54) is 11.3 Å². The van der Waals surface area contributed by atoms with Crippen molar-refractivity contribution in [3.63, 3.8) is 0 Å². The topological polar surface area (TPSA) is 53.3 Å². The van der Waals surface area contributed by atoms with Crippen LogP contribution in [0.25, 0.3) is 27.5 Å². The number of aromatic nitrogens is 1. The Bertz CT molecular complexity index is 1350. The lowest BCUT2D eigenvalue weighted by Crippen LogP contribution is -2.40. The zero-order chi connectivity index (χ0) is 18.4. The maximum absolute atomic E-state index is 9.97. The van der Waals surface area contributed by atoms with Crippen LogP contribution in [0.3, 0.4) is 0 Å². The van der Waals surface area contributed by atoms with Crippen molar-refractivity contribution in [2.45, 2.75) is 20.1 Å². The first-order valence-electron chi connectivity index (χ1n) is 9.09. The minimum Gasteiger partial charge on any atom is -0.453 e. The summed E-state index contributed by atoms with van der Waals surface area (Å²) >= 11 is 0. The van der Waals surface area contributed by atoms with Gasteiger partial charge in [-0.2, -0.15) is 5.26 Å². The average Bonchev–Trinajstić information content (AvgIpc) is 3.24. The Morgan fingerprint density at radius 3 is 2.85 bits per heavy atom. The van der Waals surface area contributed by atoms with Crippen molar-refractivity contribution in [3.05, 3.63) is 52.8 Å². The van der Waals surface area contributed by atoms with Gasteiger partial charge in [0.25, 0.3) is 12.6 Å². The van der Waals surface area contributed by atoms with Gasteiger partial charge in [0.15, 0.2) is 0 Å². The first-order chi connectivity index (χ1) is 13.1. The number of nitriles is 1. The molecule has 3 aliphatic rings. The molecule has 0 fully saturated rings. The van der Waals surface area contributed by atoms with Crippen molar-refractivity contribution in [3.8, 4) is 6.07 Å². The van der Waals surface area contributed by atoms with Crippen LogP contribution < -0.4 is 0 Å². The Kier molecular flexibility index (Phi) is 2.54. The summed E-state index contributed by atoms with van der Waals surface area (Å²) in [5, 5.41) is 12.1. The summed E-state index contributed by atoms with van der Waals surface area (Å²) in [4.78, 5) is 4.58. The van der Waals surface area contributed by atoms with Gasteiger partial charge in [-0.3, -0.25) is 0 Å². The van der Waals surface area contributed by atoms with Gasteiger partial charge in [0.2, 0.25) is 0 Å². The lowest BCUT2D eigenvalue weighted by atomic mass is 9.82. The summed E-state index contributed by atoms with van der Waals surface area (Å²) < 4.78 is 10.3. The Hall–Kier alpha value is -3.39. The SMILES string of the molecule is Cc1c(C)c2c3c(c1C#N)c1ccccc1n3C1=COC3N=C[N+](C)=C2C13. The van der Waals surface area contributed by atoms with Crippen LogP contribution in [0.2, 0.25) is 0 Å². The van der Waals surface area contributed by atoms with E-state index in [0.717, 1.165) is 44.2 Å². The normalized spacial score (nSPS) is 22.1. The van der Waals surface area contributed by atoms with Crippen molar-refractivity contribution >= 4 is 39.6 Å². The quantitative estimate of drug-likeness (QED) is 0.581. The van der Waals surface area contributed by atoms with E-state index < -0.39 is 0 Å². The molecule has 2 aromatic carbocycles. The highest BCUT2D eigenvalue weighted by molar-refractivity contribution is 6.25. The second-order valence-electron chi connectivity index (χ2n) is 7.50. The Labute approximate surface area is 156 Å². The highest BCUT2D eigenvalue weighted by Gasteiger charge is 2.50. The number of nitrogens with zero attached hydrogens (tertiary/aromatic N) is 4. The summed E-state index contributed by atoms with van der Waals surface area (Å²) in [5.41, 5.74) is 8.72. The molecule has 2 atom stereocenters. The van der Waals surface area contributed by atoms with Gasteiger partial charge in [-0.05, 0) is 36.0 Å². The van der Waals surface area contributed by atoms with E-state index in [2.05, 4.69) is 46.2 Å². The second kappa shape index (κ2) is 4.66. The molecule has 4 heterocycles. The summed E-state index contributed by atoms with van der Waals surface area (Å²) in [7, 11) is 2.04. The molecule has 3 aliphatic heterocycles. The second-order valence-corrected chi connectivity index (χ2v) is 7.50. The predicted molar refractivity (Wildman–Crippen MR) is 105 cm³/mol. The maximum Gasteiger partial charge on any atom is 0.294 e. The van der Waals surface area contributed by atoms with Crippen molar-refractivity contribution in [2.24, 2.45) is 10.9 Å². The molecule has 3 aromatic rings. The smallest absolute Gasteiger partial charge is 0.294 e. The minimum atomic E-state index is -0.217. The summed E-state index contributed by atoms with van der Waals surface area (Å²) in [6, 6.07) is 10.8. The first-order valence-corrected chi connectivity index (χ1v) is 9.09. The molecule has 6 rings (SSSR count). The fourth-order valence-corrected chi connectivity index (χ4v) is 5.00. The van der Waals surface area contributed by atoms with Crippen LogP contribution in [0.5, 0.6) is 0 Å². The number of rotatable bonds is 0. The third kappa shape index (κ3) is 1.52. The lowest BCUT2D eigenvalue weighted by Gasteiger charge is -2.29. The Morgan fingerprint density at radius 2 is 2.04 bits per heavy atom. The molecule has 1 aromatic heterocycles. The standard InChI is InChI=1S/C22H17N4O/c1-11-12(2)17-20-19-16(9-27-22(19)24-10-25(20)3)26-15-7-5-4-6-13(15)18(21(17)26)14(11)8-23/h4-7,9-10,19,22H,1-3H3/q+1. The van der Waals surface area contributed by atoms with E-state index in [9.17, 15) is 5.26 Å². The van der Waals surface area contributed by atoms with Crippen LogP contribution in [0.15, 0.2) is 35.5 Å². The molecular weight excluding hydrogens is 336 g/mol. The van der Waals surface area contributed by atoms with Crippen LogP contribution >= 0.6 is 0 Å². The zero-order valence-corrected chi connectivity index (χ0v) is 15.3. The maximum atomic E-state index is 9.97. The van der Waals surface area contributed by atoms with Gasteiger partial charge in [0.05, 0.1) is 29.3 Å². The van der Waals surface area contributed by atoms with Crippen LogP contribution in [-0.4, -0.2) is 34.5 Å². The van der Waals surface area contributed by atoms with Crippen molar-refractivity contribution in [2.75, 3.05) is 7.05 Å². The Morgan fingerprint density at radius 1 is 1.22 bits per heavy atom. The molecule has 0 spiro atoms. The van der Waals surface area contributed by atoms with E-state index >= 15 is 0 Å². The van der Waals surface area contributed by atoms with Crippen LogP contribution in [-0.2, 0) is 4.74 Å². The van der Waals surface area contributed by atoms with Crippen LogP contribution in [0, 0.1) is 31.1 Å². The third-order valence-corrected chi connectivity index (χ3v) is 6.29. The van der Waals surface area contributed by atoms with Crippen molar-refractivity contribution < 1.29 is 9.31 Å². The van der Waals surface area contributed by atoms with Crippen molar-refractivity contribution in [1.29, 1.82) is 5.26 Å². The highest BCUT2D eigenvalue weighted by Crippen LogP contribution is 2.48. The molecule has 27 heavy (non-hydrogen) atoms. The third-order valence-electron chi connectivity index (χ3n) is 6.29. The average molecular weight is 353 g/mol. The number of para-hydroxylation sites is 1. The largest absolute Gasteiger partial charge is 0.453 e. The predicted octanol–water partition coefficient (Wildman–Crippen LogP) is 3.54. The van der Waals surface area contributed by atoms with Gasteiger partial charge in [0.1, 0.15) is 24.0 Å². The minimum absolute atomic E-state index is 0.0672. The van der Waals surface area contributed by atoms with Gasteiger partial charge >= 0.3 is 0 Å². The molecule has 0 aliphatic carbocycles. The van der Waals surface area contributed by atoms with E-state index in [0.29, 0.717) is 0 Å². The highest BCUT2D eigenvalue weighted by atomic mass is 16.5. The van der Waals surface area contributed by atoms with Crippen LogP contribution in [0.4, 0.5) is 0 Å². The zero-order valence-electron chi connectivity index (χ0n) is 15.3. The van der Waals surface area contributed by atoms with Gasteiger partial charge < -0.3 is 9.30 Å². The molecule has 0 bridgehead atoms. The fraction of sp³-hybridized carbons (Fsp3) is 0.227. The van der Waals surface area contributed by atoms with Gasteiger partial charge in [-0.25, -0.2) is 4.58 Å². The molecule has 0 amide bonds. The molecule has 0 saturated carbocycles. The molecule has 0 N–H and O–H groups in total. The molecule has 0 radical (unpaired) electrons. The van der Waals surface area contributed by atoms with E-state index in [1.807, 2.05) is 31.8 Å². The molecule has 2 unspecified atom stereocenters. The molecule has 5 heteroatoms. The summed E-state index contributed by atoms with van der Waals surface area (Å²) in [6.07, 6.45) is 3.48. The fourth-order valence-electron chi connectivity index (χ4n) is 5.00. The number of hydrogen-bond acceptors (Lipinski definition) is 3. The van der Waals surface area contributed by atoms with E-state index in [4.69, 9.17) is 4.74 Å². The molecular formula is C22H17N4O+. The number of hydrogen-bond donors (Lipinski definition) is 0. The van der Waals surface area contributed by atoms with Gasteiger partial charge in [-0.15, -0.1) is 0 Å². The number of fused-ring (bicyclic) bond motifs is 5. The lowest BCUT2D eigenvalue weighted by molar-refractivity contribution is -0.366. The molecule has 5 nitrogen and oxygen atoms in total. The monoisotopic (exact) mass is 353 g/mol. The van der Waals surface area contributed by atoms with Gasteiger partial charge in [-0.1, -0.05) is 18.2 Å². The number of aliphatic imine (C=N–C) groups is 1.